The predicted octanol–water partition coefficient (Wildman–Crippen LogP) is 5.28. The van der Waals surface area contributed by atoms with E-state index in [1.54, 1.807) is 12.4 Å². The lowest BCUT2D eigenvalue weighted by Gasteiger charge is -2.31. The summed E-state index contributed by atoms with van der Waals surface area (Å²) >= 11 is 0. The van der Waals surface area contributed by atoms with Gasteiger partial charge in [-0.05, 0) is 29.9 Å². The topological polar surface area (TPSA) is 91.9 Å². The molecule has 2 saturated carbocycles. The molecule has 2 aliphatic rings. The number of nitriles is 1. The van der Waals surface area contributed by atoms with Crippen LogP contribution >= 0.6 is 0 Å². The van der Waals surface area contributed by atoms with Crippen LogP contribution < -0.4 is 4.74 Å². The molecular formula is C26H25F3N4O2. The van der Waals surface area contributed by atoms with Crippen LogP contribution in [0.5, 0.6) is 5.88 Å². The van der Waals surface area contributed by atoms with Crippen LogP contribution in [0.1, 0.15) is 50.4 Å². The monoisotopic (exact) mass is 482 g/mol. The third-order valence-electron chi connectivity index (χ3n) is 6.81. The summed E-state index contributed by atoms with van der Waals surface area (Å²) in [5.74, 6) is 0.00300. The van der Waals surface area contributed by atoms with E-state index in [2.05, 4.69) is 21.0 Å². The summed E-state index contributed by atoms with van der Waals surface area (Å²) in [4.78, 5) is 13.5. The highest BCUT2D eigenvalue weighted by Crippen LogP contribution is 2.48. The quantitative estimate of drug-likeness (QED) is 0.493. The number of aliphatic hydroxyl groups is 1. The van der Waals surface area contributed by atoms with Gasteiger partial charge >= 0.3 is 6.18 Å². The number of pyridine rings is 1. The van der Waals surface area contributed by atoms with Crippen molar-refractivity contribution >= 4 is 10.9 Å². The van der Waals surface area contributed by atoms with Gasteiger partial charge in [-0.3, -0.25) is 0 Å². The van der Waals surface area contributed by atoms with Gasteiger partial charge in [-0.2, -0.15) is 18.4 Å². The second kappa shape index (κ2) is 8.76. The van der Waals surface area contributed by atoms with Crippen molar-refractivity contribution < 1.29 is 23.0 Å². The van der Waals surface area contributed by atoms with E-state index < -0.39 is 23.9 Å². The first kappa shape index (κ1) is 23.5. The molecular weight excluding hydrogens is 457 g/mol. The first-order chi connectivity index (χ1) is 16.7. The number of aromatic nitrogens is 3. The van der Waals surface area contributed by atoms with Crippen molar-refractivity contribution in [3.8, 4) is 23.1 Å². The summed E-state index contributed by atoms with van der Waals surface area (Å²) < 4.78 is 44.5. The molecule has 2 aromatic heterocycles. The van der Waals surface area contributed by atoms with Crippen molar-refractivity contribution in [2.75, 3.05) is 0 Å². The standard InChI is InChI=1S/C26H25F3N4O2/c1-15(11-26(27,28)29)8-22-31-13-21-23(33-22)20(12-32-24(21)35-19-9-18(34)10-19)16-2-4-17(5-3-16)25(14-30)6-7-25/h2-5,12-13,15,18-19,34H,6-11H2,1H3/t15-,18?,19?/m1/s1. The van der Waals surface area contributed by atoms with Crippen molar-refractivity contribution in [2.45, 2.75) is 69.2 Å². The Morgan fingerprint density at radius 2 is 1.89 bits per heavy atom. The average Bonchev–Trinajstić information content (AvgIpc) is 3.58. The number of hydrogen-bond acceptors (Lipinski definition) is 6. The highest BCUT2D eigenvalue weighted by molar-refractivity contribution is 5.95. The molecule has 182 valence electrons. The van der Waals surface area contributed by atoms with Crippen molar-refractivity contribution in [1.82, 2.24) is 15.0 Å². The fourth-order valence-electron chi connectivity index (χ4n) is 4.57. The van der Waals surface area contributed by atoms with E-state index in [0.717, 1.165) is 24.0 Å². The van der Waals surface area contributed by atoms with E-state index in [4.69, 9.17) is 4.74 Å². The van der Waals surface area contributed by atoms with Gasteiger partial charge in [0.2, 0.25) is 5.88 Å². The maximum Gasteiger partial charge on any atom is 0.389 e. The average molecular weight is 483 g/mol. The lowest BCUT2D eigenvalue weighted by atomic mass is 9.92. The zero-order valence-electron chi connectivity index (χ0n) is 19.2. The van der Waals surface area contributed by atoms with Gasteiger partial charge in [-0.15, -0.1) is 0 Å². The number of nitrogens with zero attached hydrogens (tertiary/aromatic N) is 4. The Morgan fingerprint density at radius 1 is 1.17 bits per heavy atom. The number of alkyl halides is 3. The fourth-order valence-corrected chi connectivity index (χ4v) is 4.57. The summed E-state index contributed by atoms with van der Waals surface area (Å²) in [5.41, 5.74) is 2.67. The van der Waals surface area contributed by atoms with E-state index in [0.29, 0.717) is 41.0 Å². The van der Waals surface area contributed by atoms with Crippen LogP contribution in [0, 0.1) is 17.2 Å². The molecule has 0 amide bonds. The number of benzene rings is 1. The van der Waals surface area contributed by atoms with Crippen LogP contribution in [-0.4, -0.2) is 38.4 Å². The molecule has 0 spiro atoms. The van der Waals surface area contributed by atoms with Crippen LogP contribution in [0.2, 0.25) is 0 Å². The molecule has 1 N–H and O–H groups in total. The van der Waals surface area contributed by atoms with Crippen molar-refractivity contribution in [3.63, 3.8) is 0 Å². The molecule has 1 atom stereocenters. The molecule has 2 heterocycles. The maximum atomic E-state index is 12.8. The molecule has 0 bridgehead atoms. The SMILES string of the molecule is C[C@H](Cc1ncc2c(OC3CC(O)C3)ncc(-c3ccc(C4(C#N)CC4)cc3)c2n1)CC(F)(F)F. The zero-order valence-corrected chi connectivity index (χ0v) is 19.2. The molecule has 2 aliphatic carbocycles. The van der Waals surface area contributed by atoms with Crippen molar-refractivity contribution in [2.24, 2.45) is 5.92 Å². The summed E-state index contributed by atoms with van der Waals surface area (Å²) in [6.07, 6.45) is 0.333. The Labute approximate surface area is 200 Å². The number of halogens is 3. The van der Waals surface area contributed by atoms with Gasteiger partial charge in [0.15, 0.2) is 0 Å². The predicted molar refractivity (Wildman–Crippen MR) is 122 cm³/mol. The lowest BCUT2D eigenvalue weighted by Crippen LogP contribution is -2.37. The van der Waals surface area contributed by atoms with E-state index in [1.807, 2.05) is 24.3 Å². The Hall–Kier alpha value is -3.25. The highest BCUT2D eigenvalue weighted by Gasteiger charge is 2.44. The van der Waals surface area contributed by atoms with E-state index >= 15 is 0 Å². The number of ether oxygens (including phenoxy) is 1. The van der Waals surface area contributed by atoms with Gasteiger partial charge in [0.25, 0.3) is 0 Å². The normalized spacial score (nSPS) is 21.7. The Kier molecular flexibility index (Phi) is 5.88. The van der Waals surface area contributed by atoms with Gasteiger partial charge in [-0.1, -0.05) is 31.2 Å². The summed E-state index contributed by atoms with van der Waals surface area (Å²) in [7, 11) is 0. The maximum absolute atomic E-state index is 12.8. The smallest absolute Gasteiger partial charge is 0.389 e. The molecule has 2 fully saturated rings. The molecule has 0 unspecified atom stereocenters. The number of aliphatic hydroxyl groups excluding tert-OH is 1. The van der Waals surface area contributed by atoms with Gasteiger partial charge in [-0.25, -0.2) is 15.0 Å². The zero-order chi connectivity index (χ0) is 24.8. The van der Waals surface area contributed by atoms with Crippen LogP contribution in [0.4, 0.5) is 13.2 Å². The fraction of sp³-hybridized carbons (Fsp3) is 0.462. The lowest BCUT2D eigenvalue weighted by molar-refractivity contribution is -0.143. The second-order valence-electron chi connectivity index (χ2n) is 9.79. The Bertz CT molecular complexity index is 1280. The summed E-state index contributed by atoms with van der Waals surface area (Å²) in [5, 5.41) is 19.6. The van der Waals surface area contributed by atoms with Gasteiger partial charge in [0, 0.05) is 43.6 Å². The van der Waals surface area contributed by atoms with Crippen molar-refractivity contribution in [3.05, 3.63) is 48.0 Å². The second-order valence-corrected chi connectivity index (χ2v) is 9.79. The Morgan fingerprint density at radius 3 is 2.49 bits per heavy atom. The van der Waals surface area contributed by atoms with E-state index in [1.165, 1.54) is 6.92 Å². The number of fused-ring (bicyclic) bond motifs is 1. The number of hydrogen-bond donors (Lipinski definition) is 1. The molecule has 3 aromatic rings. The molecule has 35 heavy (non-hydrogen) atoms. The van der Waals surface area contributed by atoms with Crippen LogP contribution in [0.15, 0.2) is 36.7 Å². The van der Waals surface area contributed by atoms with Crippen molar-refractivity contribution in [1.29, 1.82) is 5.26 Å². The largest absolute Gasteiger partial charge is 0.474 e. The molecule has 6 nitrogen and oxygen atoms in total. The minimum Gasteiger partial charge on any atom is -0.474 e. The van der Waals surface area contributed by atoms with Gasteiger partial charge < -0.3 is 9.84 Å². The van der Waals surface area contributed by atoms with E-state index in [9.17, 15) is 23.5 Å². The first-order valence-corrected chi connectivity index (χ1v) is 11.7. The van der Waals surface area contributed by atoms with Crippen LogP contribution in [-0.2, 0) is 11.8 Å². The Balaban J connectivity index is 1.51. The third-order valence-corrected chi connectivity index (χ3v) is 6.81. The summed E-state index contributed by atoms with van der Waals surface area (Å²) in [6, 6.07) is 10.1. The van der Waals surface area contributed by atoms with Gasteiger partial charge in [0.05, 0.1) is 28.5 Å². The minimum absolute atomic E-state index is 0.0891. The number of rotatable bonds is 7. The highest BCUT2D eigenvalue weighted by atomic mass is 19.4. The minimum atomic E-state index is -4.25. The molecule has 0 saturated heterocycles. The molecule has 0 radical (unpaired) electrons. The molecule has 9 heteroatoms. The molecule has 0 aliphatic heterocycles. The van der Waals surface area contributed by atoms with Crippen LogP contribution in [0.25, 0.3) is 22.0 Å². The van der Waals surface area contributed by atoms with Gasteiger partial charge in [0.1, 0.15) is 11.9 Å². The van der Waals surface area contributed by atoms with Crippen LogP contribution in [0.3, 0.4) is 0 Å². The third kappa shape index (κ3) is 4.94. The first-order valence-electron chi connectivity index (χ1n) is 11.7. The summed E-state index contributed by atoms with van der Waals surface area (Å²) in [6.45, 7) is 1.53. The molecule has 5 rings (SSSR count). The molecule has 1 aromatic carbocycles. The van der Waals surface area contributed by atoms with E-state index in [-0.39, 0.29) is 18.6 Å².